The van der Waals surface area contributed by atoms with Gasteiger partial charge in [-0.15, -0.1) is 0 Å². The standard InChI is InChI=1S/C29H24F4N4O5/c1-16(29(31,32)33)37(13-17-5-8-20(30)9-6-17)25(39)14-36-15-42-28(27(36)41)21-10-7-18(11-19(21)12-24(28)38)22-3-2-4-23(35-22)26(34)40/h2-11,16H,12-15H2,1H3,(H2,34,40)/t16?,28-/m1/s1. The summed E-state index contributed by atoms with van der Waals surface area (Å²) in [6.45, 7) is -0.936. The topological polar surface area (TPSA) is 123 Å². The van der Waals surface area contributed by atoms with Crippen molar-refractivity contribution in [1.29, 1.82) is 0 Å². The lowest BCUT2D eigenvalue weighted by atomic mass is 9.93. The van der Waals surface area contributed by atoms with Crippen molar-refractivity contribution in [3.05, 3.63) is 88.9 Å². The smallest absolute Gasteiger partial charge is 0.364 e. The highest BCUT2D eigenvalue weighted by Gasteiger charge is 2.59. The van der Waals surface area contributed by atoms with Crippen molar-refractivity contribution < 1.29 is 41.5 Å². The zero-order valence-corrected chi connectivity index (χ0v) is 22.2. The molecule has 218 valence electrons. The molecule has 2 N–H and O–H groups in total. The fourth-order valence-corrected chi connectivity index (χ4v) is 5.11. The van der Waals surface area contributed by atoms with Gasteiger partial charge in [0.25, 0.3) is 11.8 Å². The highest BCUT2D eigenvalue weighted by Crippen LogP contribution is 2.43. The molecule has 0 bridgehead atoms. The summed E-state index contributed by atoms with van der Waals surface area (Å²) in [6.07, 6.45) is -4.94. The summed E-state index contributed by atoms with van der Waals surface area (Å²) >= 11 is 0. The quantitative estimate of drug-likeness (QED) is 0.337. The summed E-state index contributed by atoms with van der Waals surface area (Å²) in [5.74, 6) is -3.77. The number of Topliss-reactive ketones (excluding diaryl/α,β-unsaturated/α-hetero) is 1. The molecule has 2 heterocycles. The lowest BCUT2D eigenvalue weighted by Crippen LogP contribution is -2.51. The molecule has 1 unspecified atom stereocenters. The average Bonchev–Trinajstić information content (AvgIpc) is 3.43. The van der Waals surface area contributed by atoms with Gasteiger partial charge >= 0.3 is 6.18 Å². The Bertz CT molecular complexity index is 1590. The molecule has 1 fully saturated rings. The summed E-state index contributed by atoms with van der Waals surface area (Å²) in [7, 11) is 0. The molecule has 1 spiro atoms. The number of carbonyl (C=O) groups excluding carboxylic acids is 4. The predicted octanol–water partition coefficient (Wildman–Crippen LogP) is 3.10. The Balaban J connectivity index is 1.39. The van der Waals surface area contributed by atoms with Gasteiger partial charge in [-0.2, -0.15) is 13.2 Å². The minimum Gasteiger partial charge on any atom is -0.364 e. The number of fused-ring (bicyclic) bond motifs is 2. The molecule has 1 aliphatic carbocycles. The van der Waals surface area contributed by atoms with Crippen LogP contribution < -0.4 is 5.73 Å². The van der Waals surface area contributed by atoms with Gasteiger partial charge in [-0.1, -0.05) is 30.3 Å². The fraction of sp³-hybridized carbons (Fsp3) is 0.276. The lowest BCUT2D eigenvalue weighted by molar-refractivity contribution is -0.187. The highest BCUT2D eigenvalue weighted by molar-refractivity contribution is 6.15. The second-order valence-corrected chi connectivity index (χ2v) is 10.1. The van der Waals surface area contributed by atoms with Gasteiger partial charge in [-0.3, -0.25) is 19.2 Å². The van der Waals surface area contributed by atoms with Crippen molar-refractivity contribution in [2.24, 2.45) is 5.73 Å². The Kier molecular flexibility index (Phi) is 7.31. The first-order valence-corrected chi connectivity index (χ1v) is 12.8. The fourth-order valence-electron chi connectivity index (χ4n) is 5.11. The molecule has 13 heteroatoms. The molecular formula is C29H24F4N4O5. The van der Waals surface area contributed by atoms with E-state index in [9.17, 15) is 36.7 Å². The molecule has 2 atom stereocenters. The third kappa shape index (κ3) is 5.11. The number of ether oxygens (including phenoxy) is 1. The van der Waals surface area contributed by atoms with Crippen molar-refractivity contribution in [1.82, 2.24) is 14.8 Å². The van der Waals surface area contributed by atoms with Crippen LogP contribution in [-0.2, 0) is 37.7 Å². The first-order valence-electron chi connectivity index (χ1n) is 12.8. The van der Waals surface area contributed by atoms with Gasteiger partial charge in [0.1, 0.15) is 30.8 Å². The minimum absolute atomic E-state index is 0.0449. The van der Waals surface area contributed by atoms with Crippen molar-refractivity contribution >= 4 is 23.5 Å². The molecular weight excluding hydrogens is 560 g/mol. The van der Waals surface area contributed by atoms with E-state index < -0.39 is 67.0 Å². The molecule has 1 aliphatic heterocycles. The van der Waals surface area contributed by atoms with E-state index in [2.05, 4.69) is 4.98 Å². The van der Waals surface area contributed by atoms with Crippen LogP contribution in [0.15, 0.2) is 60.7 Å². The number of nitrogens with two attached hydrogens (primary N) is 1. The van der Waals surface area contributed by atoms with E-state index in [1.807, 2.05) is 0 Å². The largest absolute Gasteiger partial charge is 0.408 e. The third-order valence-corrected chi connectivity index (χ3v) is 7.40. The first kappa shape index (κ1) is 28.9. The number of pyridine rings is 1. The molecule has 42 heavy (non-hydrogen) atoms. The van der Waals surface area contributed by atoms with Crippen LogP contribution in [0.2, 0.25) is 0 Å². The van der Waals surface area contributed by atoms with Crippen molar-refractivity contribution in [3.63, 3.8) is 0 Å². The number of ketones is 1. The molecule has 3 aromatic rings. The van der Waals surface area contributed by atoms with E-state index in [4.69, 9.17) is 10.5 Å². The normalized spacial score (nSPS) is 18.8. The minimum atomic E-state index is -4.77. The lowest BCUT2D eigenvalue weighted by Gasteiger charge is -2.32. The first-order chi connectivity index (χ1) is 19.8. The number of rotatable bonds is 7. The number of hydrogen-bond acceptors (Lipinski definition) is 6. The zero-order valence-electron chi connectivity index (χ0n) is 22.2. The van der Waals surface area contributed by atoms with E-state index in [1.54, 1.807) is 24.3 Å². The van der Waals surface area contributed by atoms with Crippen LogP contribution in [0.4, 0.5) is 17.6 Å². The molecule has 5 rings (SSSR count). The predicted molar refractivity (Wildman–Crippen MR) is 139 cm³/mol. The Morgan fingerprint density at radius 3 is 2.50 bits per heavy atom. The number of halogens is 4. The molecule has 3 amide bonds. The summed E-state index contributed by atoms with van der Waals surface area (Å²) < 4.78 is 60.0. The highest BCUT2D eigenvalue weighted by atomic mass is 19.4. The molecule has 0 radical (unpaired) electrons. The van der Waals surface area contributed by atoms with Crippen LogP contribution in [0.5, 0.6) is 0 Å². The number of aromatic nitrogens is 1. The second-order valence-electron chi connectivity index (χ2n) is 10.1. The third-order valence-electron chi connectivity index (χ3n) is 7.40. The van der Waals surface area contributed by atoms with Gasteiger partial charge in [0.15, 0.2) is 5.78 Å². The van der Waals surface area contributed by atoms with E-state index in [0.29, 0.717) is 21.7 Å². The number of benzene rings is 2. The number of carbonyl (C=O) groups is 4. The van der Waals surface area contributed by atoms with Crippen LogP contribution in [0.3, 0.4) is 0 Å². The summed E-state index contributed by atoms with van der Waals surface area (Å²) in [6, 6.07) is 11.9. The number of hydrogen-bond donors (Lipinski definition) is 1. The summed E-state index contributed by atoms with van der Waals surface area (Å²) in [5, 5.41) is 0. The van der Waals surface area contributed by atoms with Gasteiger partial charge in [0.2, 0.25) is 11.5 Å². The van der Waals surface area contributed by atoms with Crippen LogP contribution in [0.25, 0.3) is 11.3 Å². The van der Waals surface area contributed by atoms with E-state index in [0.717, 1.165) is 24.0 Å². The maximum atomic E-state index is 13.7. The van der Waals surface area contributed by atoms with Crippen molar-refractivity contribution in [2.75, 3.05) is 13.3 Å². The number of primary amides is 1. The van der Waals surface area contributed by atoms with Gasteiger partial charge in [0, 0.05) is 24.1 Å². The Hall–Kier alpha value is -4.65. The van der Waals surface area contributed by atoms with Gasteiger partial charge in [-0.25, -0.2) is 9.37 Å². The molecule has 9 nitrogen and oxygen atoms in total. The molecule has 2 aromatic carbocycles. The summed E-state index contributed by atoms with van der Waals surface area (Å²) in [5.41, 5.74) is 5.27. The molecule has 0 saturated carbocycles. The average molecular weight is 585 g/mol. The van der Waals surface area contributed by atoms with Crippen LogP contribution >= 0.6 is 0 Å². The zero-order chi connectivity index (χ0) is 30.4. The van der Waals surface area contributed by atoms with Crippen LogP contribution in [0.1, 0.15) is 34.1 Å². The summed E-state index contributed by atoms with van der Waals surface area (Å²) in [4.78, 5) is 57.2. The second kappa shape index (κ2) is 10.6. The maximum Gasteiger partial charge on any atom is 0.408 e. The molecule has 2 aliphatic rings. The monoisotopic (exact) mass is 584 g/mol. The number of amides is 3. The number of alkyl halides is 3. The van der Waals surface area contributed by atoms with Gasteiger partial charge < -0.3 is 20.3 Å². The van der Waals surface area contributed by atoms with E-state index in [1.165, 1.54) is 24.3 Å². The van der Waals surface area contributed by atoms with Crippen molar-refractivity contribution in [2.45, 2.75) is 37.7 Å². The Labute approximate surface area is 236 Å². The molecule has 1 aromatic heterocycles. The number of nitrogens with zero attached hydrogens (tertiary/aromatic N) is 3. The Morgan fingerprint density at radius 1 is 1.12 bits per heavy atom. The maximum absolute atomic E-state index is 13.7. The van der Waals surface area contributed by atoms with Crippen LogP contribution in [0, 0.1) is 5.82 Å². The van der Waals surface area contributed by atoms with Crippen molar-refractivity contribution in [3.8, 4) is 11.3 Å². The van der Waals surface area contributed by atoms with Gasteiger partial charge in [-0.05, 0) is 48.4 Å². The molecule has 1 saturated heterocycles. The van der Waals surface area contributed by atoms with Gasteiger partial charge in [0.05, 0.1) is 5.69 Å². The SMILES string of the molecule is CC(N(Cc1ccc(F)cc1)C(=O)CN1CO[C@]2(C(=O)Cc3cc(-c4cccc(C(N)=O)n4)ccc32)C1=O)C(F)(F)F. The Morgan fingerprint density at radius 2 is 1.83 bits per heavy atom. The van der Waals surface area contributed by atoms with Crippen LogP contribution in [-0.4, -0.2) is 63.8 Å². The van der Waals surface area contributed by atoms with E-state index in [-0.39, 0.29) is 23.2 Å². The van der Waals surface area contributed by atoms with E-state index >= 15 is 0 Å².